The summed E-state index contributed by atoms with van der Waals surface area (Å²) >= 11 is 17.6. The van der Waals surface area contributed by atoms with Crippen molar-refractivity contribution in [3.05, 3.63) is 0 Å². The largest absolute Gasteiger partial charge is 0.126 e. The summed E-state index contributed by atoms with van der Waals surface area (Å²) in [6.07, 6.45) is 3.15. The highest BCUT2D eigenvalue weighted by molar-refractivity contribution is 6.30. The summed E-state index contributed by atoms with van der Waals surface area (Å²) in [6.45, 7) is 0. The molecule has 0 unspecified atom stereocenters. The number of hydrogen-bond acceptors (Lipinski definition) is 0. The Hall–Kier alpha value is 0.870. The maximum Gasteiger partial charge on any atom is 0.0502 e. The van der Waals surface area contributed by atoms with Crippen LogP contribution in [0, 0.1) is 5.92 Å². The molecule has 0 bridgehead atoms. The van der Waals surface area contributed by atoms with E-state index in [0.29, 0.717) is 5.92 Å². The molecule has 3 heteroatoms. The Morgan fingerprint density at radius 3 is 2.30 bits per heavy atom. The predicted molar refractivity (Wildman–Crippen MR) is 47.3 cm³/mol. The fourth-order valence-electron chi connectivity index (χ4n) is 1.30. The van der Waals surface area contributed by atoms with Gasteiger partial charge in [-0.25, -0.2) is 0 Å². The molecule has 1 aliphatic rings. The quantitative estimate of drug-likeness (QED) is 0.572. The second-order valence-electron chi connectivity index (χ2n) is 2.87. The van der Waals surface area contributed by atoms with Crippen LogP contribution in [-0.2, 0) is 0 Å². The minimum absolute atomic E-state index is 0.138. The zero-order valence-electron chi connectivity index (χ0n) is 5.69. The lowest BCUT2D eigenvalue weighted by Gasteiger charge is -2.27. The Morgan fingerprint density at radius 2 is 1.80 bits per heavy atom. The summed E-state index contributed by atoms with van der Waals surface area (Å²) in [5.74, 6) is 1.33. The van der Waals surface area contributed by atoms with Crippen LogP contribution in [0.4, 0.5) is 0 Å². The minimum Gasteiger partial charge on any atom is -0.126 e. The van der Waals surface area contributed by atoms with Gasteiger partial charge in [-0.2, -0.15) is 0 Å². The van der Waals surface area contributed by atoms with E-state index in [4.69, 9.17) is 34.8 Å². The van der Waals surface area contributed by atoms with Gasteiger partial charge in [0.1, 0.15) is 0 Å². The van der Waals surface area contributed by atoms with Gasteiger partial charge >= 0.3 is 0 Å². The SMILES string of the molecule is ClC[C@H]1CC[C@@H](Cl)[C@H](Cl)C1. The van der Waals surface area contributed by atoms with Crippen molar-refractivity contribution in [1.82, 2.24) is 0 Å². The van der Waals surface area contributed by atoms with Gasteiger partial charge < -0.3 is 0 Å². The molecular weight excluding hydrogens is 190 g/mol. The van der Waals surface area contributed by atoms with Crippen molar-refractivity contribution in [3.63, 3.8) is 0 Å². The van der Waals surface area contributed by atoms with Crippen LogP contribution < -0.4 is 0 Å². The van der Waals surface area contributed by atoms with E-state index in [1.165, 1.54) is 0 Å². The van der Waals surface area contributed by atoms with Crippen molar-refractivity contribution < 1.29 is 0 Å². The lowest BCUT2D eigenvalue weighted by Crippen LogP contribution is -2.26. The van der Waals surface area contributed by atoms with Crippen molar-refractivity contribution in [2.75, 3.05) is 5.88 Å². The molecule has 1 saturated carbocycles. The number of hydrogen-bond donors (Lipinski definition) is 0. The molecule has 0 N–H and O–H groups in total. The highest BCUT2D eigenvalue weighted by Gasteiger charge is 2.26. The molecule has 3 atom stereocenters. The molecule has 0 spiro atoms. The molecule has 1 rings (SSSR count). The molecule has 0 saturated heterocycles. The van der Waals surface area contributed by atoms with Crippen molar-refractivity contribution >= 4 is 34.8 Å². The fraction of sp³-hybridized carbons (Fsp3) is 1.00. The molecule has 0 nitrogen and oxygen atoms in total. The highest BCUT2D eigenvalue weighted by Crippen LogP contribution is 2.31. The molecule has 1 aliphatic carbocycles. The highest BCUT2D eigenvalue weighted by atomic mass is 35.5. The van der Waals surface area contributed by atoms with Crippen LogP contribution in [0.1, 0.15) is 19.3 Å². The smallest absolute Gasteiger partial charge is 0.0502 e. The van der Waals surface area contributed by atoms with Gasteiger partial charge in [0.25, 0.3) is 0 Å². The molecule has 0 radical (unpaired) electrons. The summed E-state index contributed by atoms with van der Waals surface area (Å²) in [5, 5.41) is 0.306. The van der Waals surface area contributed by atoms with Crippen molar-refractivity contribution in [1.29, 1.82) is 0 Å². The minimum atomic E-state index is 0.138. The van der Waals surface area contributed by atoms with Crippen molar-refractivity contribution in [3.8, 4) is 0 Å². The van der Waals surface area contributed by atoms with Crippen molar-refractivity contribution in [2.45, 2.75) is 30.0 Å². The van der Waals surface area contributed by atoms with Crippen LogP contribution in [0.25, 0.3) is 0 Å². The van der Waals surface area contributed by atoms with Gasteiger partial charge in [0.05, 0.1) is 5.38 Å². The third kappa shape index (κ3) is 2.18. The monoisotopic (exact) mass is 200 g/mol. The maximum atomic E-state index is 5.95. The van der Waals surface area contributed by atoms with Gasteiger partial charge in [-0.05, 0) is 25.2 Å². The normalized spacial score (nSPS) is 41.7. The molecule has 0 heterocycles. The number of halogens is 3. The lowest BCUT2D eigenvalue weighted by atomic mass is 9.90. The third-order valence-corrected chi connectivity index (χ3v) is 3.59. The number of rotatable bonds is 1. The van der Waals surface area contributed by atoms with E-state index in [0.717, 1.165) is 25.1 Å². The van der Waals surface area contributed by atoms with Gasteiger partial charge in [-0.1, -0.05) is 0 Å². The van der Waals surface area contributed by atoms with Crippen LogP contribution in [0.5, 0.6) is 0 Å². The summed E-state index contributed by atoms with van der Waals surface area (Å²) < 4.78 is 0. The Balaban J connectivity index is 2.33. The molecule has 60 valence electrons. The molecule has 1 fully saturated rings. The second kappa shape index (κ2) is 4.04. The first-order valence-corrected chi connectivity index (χ1v) is 4.99. The van der Waals surface area contributed by atoms with Gasteiger partial charge in [-0.3, -0.25) is 0 Å². The topological polar surface area (TPSA) is 0 Å². The summed E-state index contributed by atoms with van der Waals surface area (Å²) in [5.41, 5.74) is 0. The molecule has 0 aliphatic heterocycles. The Morgan fingerprint density at radius 1 is 1.10 bits per heavy atom. The average Bonchev–Trinajstić information content (AvgIpc) is 1.95. The number of alkyl halides is 3. The van der Waals surface area contributed by atoms with E-state index in [9.17, 15) is 0 Å². The van der Waals surface area contributed by atoms with Gasteiger partial charge in [0.15, 0.2) is 0 Å². The summed E-state index contributed by atoms with van der Waals surface area (Å²) in [7, 11) is 0. The first-order chi connectivity index (χ1) is 4.74. The first kappa shape index (κ1) is 8.96. The van der Waals surface area contributed by atoms with E-state index >= 15 is 0 Å². The summed E-state index contributed by atoms with van der Waals surface area (Å²) in [6, 6.07) is 0. The van der Waals surface area contributed by atoms with Gasteiger partial charge in [0.2, 0.25) is 0 Å². The zero-order chi connectivity index (χ0) is 7.56. The van der Waals surface area contributed by atoms with Gasteiger partial charge in [0, 0.05) is 11.3 Å². The van der Waals surface area contributed by atoms with Crippen LogP contribution in [0.3, 0.4) is 0 Å². The van der Waals surface area contributed by atoms with E-state index < -0.39 is 0 Å². The zero-order valence-corrected chi connectivity index (χ0v) is 7.96. The fourth-order valence-corrected chi connectivity index (χ4v) is 2.19. The van der Waals surface area contributed by atoms with Crippen LogP contribution in [0.2, 0.25) is 0 Å². The molecule has 0 amide bonds. The third-order valence-electron chi connectivity index (χ3n) is 2.02. The lowest BCUT2D eigenvalue weighted by molar-refractivity contribution is 0.399. The first-order valence-electron chi connectivity index (χ1n) is 3.58. The predicted octanol–water partition coefficient (Wildman–Crippen LogP) is 3.24. The van der Waals surface area contributed by atoms with E-state index in [1.807, 2.05) is 0 Å². The van der Waals surface area contributed by atoms with Crippen LogP contribution in [-0.4, -0.2) is 16.6 Å². The van der Waals surface area contributed by atoms with E-state index in [1.54, 1.807) is 0 Å². The molecule has 10 heavy (non-hydrogen) atoms. The average molecular weight is 202 g/mol. The Labute approximate surface area is 76.8 Å². The van der Waals surface area contributed by atoms with Gasteiger partial charge in [-0.15, -0.1) is 34.8 Å². The molecular formula is C7H11Cl3. The standard InChI is InChI=1S/C7H11Cl3/c8-4-5-1-2-6(9)7(10)3-5/h5-7H,1-4H2/t5-,6+,7+/m0/s1. The Bertz CT molecular complexity index is 105. The second-order valence-corrected chi connectivity index (χ2v) is 4.30. The summed E-state index contributed by atoms with van der Waals surface area (Å²) in [4.78, 5) is 0. The Kier molecular flexibility index (Phi) is 3.62. The maximum absolute atomic E-state index is 5.95. The van der Waals surface area contributed by atoms with Crippen molar-refractivity contribution in [2.24, 2.45) is 5.92 Å². The molecule has 0 aromatic heterocycles. The molecule has 0 aromatic rings. The van der Waals surface area contributed by atoms with E-state index in [-0.39, 0.29) is 10.8 Å². The van der Waals surface area contributed by atoms with Crippen LogP contribution in [0.15, 0.2) is 0 Å². The van der Waals surface area contributed by atoms with E-state index in [2.05, 4.69) is 0 Å². The van der Waals surface area contributed by atoms with Crippen LogP contribution >= 0.6 is 34.8 Å². The molecule has 0 aromatic carbocycles.